The van der Waals surface area contributed by atoms with E-state index < -0.39 is 11.9 Å². The topological polar surface area (TPSA) is 25.8 Å². The van der Waals surface area contributed by atoms with Gasteiger partial charge in [-0.15, -0.1) is 0 Å². The predicted octanol–water partition coefficient (Wildman–Crippen LogP) is 5.99. The number of fused-ring (bicyclic) bond motifs is 6. The quantitative estimate of drug-likeness (QED) is 0.536. The Balaban J connectivity index is 1.68. The Bertz CT molecular complexity index is 1040. The van der Waals surface area contributed by atoms with E-state index in [1.807, 2.05) is 6.07 Å². The number of hydrogen-bond donors (Lipinski definition) is 0. The molecule has 0 amide bonds. The first kappa shape index (κ1) is 15.8. The van der Waals surface area contributed by atoms with Crippen LogP contribution in [0.5, 0.6) is 0 Å². The molecule has 2 unspecified atom stereocenters. The smallest absolute Gasteiger partial charge is 0.255 e. The van der Waals surface area contributed by atoms with E-state index in [0.29, 0.717) is 34.0 Å². The van der Waals surface area contributed by atoms with Crippen LogP contribution in [-0.4, -0.2) is 9.97 Å². The number of hydrogen-bond acceptors (Lipinski definition) is 2. The highest BCUT2D eigenvalue weighted by Crippen LogP contribution is 2.53. The maximum absolute atomic E-state index is 13.0. The van der Waals surface area contributed by atoms with Crippen molar-refractivity contribution in [3.63, 3.8) is 0 Å². The van der Waals surface area contributed by atoms with Crippen molar-refractivity contribution in [3.8, 4) is 11.3 Å². The minimum Gasteiger partial charge on any atom is -0.255 e. The van der Waals surface area contributed by atoms with Gasteiger partial charge in [0.25, 0.3) is 0 Å². The molecule has 2 heterocycles. The zero-order chi connectivity index (χ0) is 18.1. The molecule has 0 saturated heterocycles. The van der Waals surface area contributed by atoms with Crippen molar-refractivity contribution in [1.29, 1.82) is 0 Å². The summed E-state index contributed by atoms with van der Waals surface area (Å²) >= 11 is 0. The monoisotopic (exact) mass is 354 g/mol. The molecule has 1 fully saturated rings. The van der Waals surface area contributed by atoms with Gasteiger partial charge in [0.2, 0.25) is 0 Å². The molecule has 0 radical (unpaired) electrons. The normalized spacial score (nSPS) is 21.4. The fourth-order valence-corrected chi connectivity index (χ4v) is 4.62. The van der Waals surface area contributed by atoms with Crippen LogP contribution in [0.1, 0.15) is 53.5 Å². The first-order valence-electron chi connectivity index (χ1n) is 8.89. The summed E-state index contributed by atoms with van der Waals surface area (Å²) in [6.07, 6.45) is 0.908. The molecular formula is C21H17F3N2. The van der Waals surface area contributed by atoms with Crippen molar-refractivity contribution in [1.82, 2.24) is 9.97 Å². The molecule has 5 heteroatoms. The van der Waals surface area contributed by atoms with Crippen molar-refractivity contribution in [2.24, 2.45) is 0 Å². The highest BCUT2D eigenvalue weighted by atomic mass is 19.4. The molecule has 26 heavy (non-hydrogen) atoms. The predicted molar refractivity (Wildman–Crippen MR) is 94.0 cm³/mol. The van der Waals surface area contributed by atoms with E-state index in [9.17, 15) is 13.2 Å². The number of aromatic nitrogens is 2. The minimum atomic E-state index is -4.45. The summed E-state index contributed by atoms with van der Waals surface area (Å²) in [7, 11) is 0. The minimum absolute atomic E-state index is 0.367. The molecule has 0 N–H and O–H groups in total. The van der Waals surface area contributed by atoms with Crippen LogP contribution in [0.4, 0.5) is 13.2 Å². The van der Waals surface area contributed by atoms with Crippen molar-refractivity contribution in [3.05, 3.63) is 58.9 Å². The summed E-state index contributed by atoms with van der Waals surface area (Å²) in [6, 6.07) is 8.96. The SMILES string of the molecule is Cc1cnc(-c2ccc3c(c2)C2CCC3C2)c2ccc(C(F)(F)F)nc12. The number of benzene rings is 1. The summed E-state index contributed by atoms with van der Waals surface area (Å²) < 4.78 is 39.1. The van der Waals surface area contributed by atoms with Crippen LogP contribution in [0, 0.1) is 6.92 Å². The molecule has 0 spiro atoms. The molecule has 0 aliphatic heterocycles. The zero-order valence-corrected chi connectivity index (χ0v) is 14.3. The molecule has 2 bridgehead atoms. The molecule has 1 saturated carbocycles. The van der Waals surface area contributed by atoms with Gasteiger partial charge in [-0.25, -0.2) is 4.98 Å². The van der Waals surface area contributed by atoms with E-state index in [-0.39, 0.29) is 0 Å². The van der Waals surface area contributed by atoms with Crippen LogP contribution in [0.3, 0.4) is 0 Å². The Morgan fingerprint density at radius 1 is 1.00 bits per heavy atom. The van der Waals surface area contributed by atoms with Gasteiger partial charge in [0.05, 0.1) is 11.2 Å². The highest BCUT2D eigenvalue weighted by Gasteiger charge is 2.37. The van der Waals surface area contributed by atoms with Gasteiger partial charge in [-0.05, 0) is 72.9 Å². The van der Waals surface area contributed by atoms with Crippen molar-refractivity contribution in [2.75, 3.05) is 0 Å². The van der Waals surface area contributed by atoms with E-state index in [0.717, 1.165) is 11.6 Å². The number of pyridine rings is 2. The second kappa shape index (κ2) is 5.29. The van der Waals surface area contributed by atoms with Crippen LogP contribution in [0.15, 0.2) is 36.5 Å². The molecule has 5 rings (SSSR count). The van der Waals surface area contributed by atoms with Crippen LogP contribution in [-0.2, 0) is 6.18 Å². The average molecular weight is 354 g/mol. The van der Waals surface area contributed by atoms with E-state index in [1.165, 1.54) is 36.5 Å². The summed E-state index contributed by atoms with van der Waals surface area (Å²) in [5, 5.41) is 0.668. The summed E-state index contributed by atoms with van der Waals surface area (Å²) in [5.74, 6) is 1.31. The average Bonchev–Trinajstić information content (AvgIpc) is 3.23. The van der Waals surface area contributed by atoms with Gasteiger partial charge in [0, 0.05) is 17.1 Å². The molecule has 2 aliphatic rings. The van der Waals surface area contributed by atoms with E-state index in [1.54, 1.807) is 13.1 Å². The number of aryl methyl sites for hydroxylation is 1. The van der Waals surface area contributed by atoms with Crippen molar-refractivity contribution >= 4 is 10.9 Å². The molecule has 2 aromatic heterocycles. The lowest BCUT2D eigenvalue weighted by Gasteiger charge is -2.17. The van der Waals surface area contributed by atoms with Crippen molar-refractivity contribution in [2.45, 2.75) is 44.2 Å². The molecule has 132 valence electrons. The summed E-state index contributed by atoms with van der Waals surface area (Å²) in [5.41, 5.74) is 4.66. The zero-order valence-electron chi connectivity index (χ0n) is 14.3. The molecule has 2 atom stereocenters. The molecule has 1 aromatic carbocycles. The number of rotatable bonds is 1. The fourth-order valence-electron chi connectivity index (χ4n) is 4.62. The third kappa shape index (κ3) is 2.26. The first-order valence-corrected chi connectivity index (χ1v) is 8.89. The third-order valence-electron chi connectivity index (χ3n) is 5.87. The highest BCUT2D eigenvalue weighted by molar-refractivity contribution is 5.94. The second-order valence-electron chi connectivity index (χ2n) is 7.43. The van der Waals surface area contributed by atoms with Gasteiger partial charge in [0.15, 0.2) is 0 Å². The molecule has 2 nitrogen and oxygen atoms in total. The number of halogens is 3. The lowest BCUT2D eigenvalue weighted by molar-refractivity contribution is -0.140. The van der Waals surface area contributed by atoms with E-state index in [4.69, 9.17) is 0 Å². The van der Waals surface area contributed by atoms with Crippen molar-refractivity contribution < 1.29 is 13.2 Å². The van der Waals surface area contributed by atoms with Gasteiger partial charge in [-0.2, -0.15) is 13.2 Å². The fraction of sp³-hybridized carbons (Fsp3) is 0.333. The number of alkyl halides is 3. The molecule has 3 aromatic rings. The molecule has 2 aliphatic carbocycles. The lowest BCUT2D eigenvalue weighted by Crippen LogP contribution is -2.08. The van der Waals surface area contributed by atoms with Gasteiger partial charge >= 0.3 is 6.18 Å². The summed E-state index contributed by atoms with van der Waals surface area (Å²) in [4.78, 5) is 8.41. The standard InChI is InChI=1S/C21H17F3N2/c1-11-10-25-20(16-6-7-18(21(22,23)24)26-19(11)16)14-4-5-15-12-2-3-13(8-12)17(15)9-14/h4-7,9-10,12-13H,2-3,8H2,1H3. The maximum atomic E-state index is 13.0. The Morgan fingerprint density at radius 2 is 1.77 bits per heavy atom. The lowest BCUT2D eigenvalue weighted by atomic mass is 9.89. The molecular weight excluding hydrogens is 337 g/mol. The van der Waals surface area contributed by atoms with E-state index >= 15 is 0 Å². The van der Waals surface area contributed by atoms with E-state index in [2.05, 4.69) is 22.1 Å². The van der Waals surface area contributed by atoms with Gasteiger partial charge < -0.3 is 0 Å². The number of nitrogens with zero attached hydrogens (tertiary/aromatic N) is 2. The Labute approximate surface area is 149 Å². The largest absolute Gasteiger partial charge is 0.433 e. The van der Waals surface area contributed by atoms with Crippen LogP contribution in [0.2, 0.25) is 0 Å². The Morgan fingerprint density at radius 3 is 2.54 bits per heavy atom. The van der Waals surface area contributed by atoms with Gasteiger partial charge in [-0.1, -0.05) is 12.1 Å². The second-order valence-corrected chi connectivity index (χ2v) is 7.43. The van der Waals surface area contributed by atoms with Gasteiger partial charge in [0.1, 0.15) is 5.69 Å². The Hall–Kier alpha value is -2.43. The first-order chi connectivity index (χ1) is 12.4. The van der Waals surface area contributed by atoms with Crippen LogP contribution in [0.25, 0.3) is 22.2 Å². The maximum Gasteiger partial charge on any atom is 0.433 e. The Kier molecular flexibility index (Phi) is 3.21. The van der Waals surface area contributed by atoms with Crippen LogP contribution < -0.4 is 0 Å². The third-order valence-corrected chi connectivity index (χ3v) is 5.87. The van der Waals surface area contributed by atoms with Crippen LogP contribution >= 0.6 is 0 Å². The summed E-state index contributed by atoms with van der Waals surface area (Å²) in [6.45, 7) is 1.74. The van der Waals surface area contributed by atoms with Gasteiger partial charge in [-0.3, -0.25) is 4.98 Å².